The molecule has 0 spiro atoms. The summed E-state index contributed by atoms with van der Waals surface area (Å²) in [6, 6.07) is 9.76. The van der Waals surface area contributed by atoms with Gasteiger partial charge in [-0.2, -0.15) is 4.31 Å². The predicted molar refractivity (Wildman–Crippen MR) is 109 cm³/mol. The Hall–Kier alpha value is -2.49. The first-order valence-electron chi connectivity index (χ1n) is 9.17. The number of carbonyl (C=O) groups is 2. The molecule has 0 unspecified atom stereocenters. The molecule has 0 bridgehead atoms. The van der Waals surface area contributed by atoms with Gasteiger partial charge in [0.05, 0.1) is 23.3 Å². The second-order valence-electron chi connectivity index (χ2n) is 6.78. The standard InChI is InChI=1S/C20H20ClFN2O5S/c1-29-20(26)15-4-2-3-5-18(15)30(27,28)24-10-8-13(9-11-24)19(25)23-17-7-6-14(21)12-16(17)22/h2-7,12-13H,8-11H2,1H3,(H,23,25). The summed E-state index contributed by atoms with van der Waals surface area (Å²) in [5.41, 5.74) is -0.0236. The van der Waals surface area contributed by atoms with Gasteiger partial charge in [0, 0.05) is 24.0 Å². The van der Waals surface area contributed by atoms with Crippen LogP contribution in [0.3, 0.4) is 0 Å². The van der Waals surface area contributed by atoms with Crippen LogP contribution in [0.15, 0.2) is 47.4 Å². The smallest absolute Gasteiger partial charge is 0.339 e. The lowest BCUT2D eigenvalue weighted by molar-refractivity contribution is -0.120. The van der Waals surface area contributed by atoms with E-state index in [1.807, 2.05) is 0 Å². The number of halogens is 2. The van der Waals surface area contributed by atoms with Crippen molar-refractivity contribution in [3.63, 3.8) is 0 Å². The monoisotopic (exact) mass is 454 g/mol. The number of esters is 1. The first-order valence-corrected chi connectivity index (χ1v) is 11.0. The number of hydrogen-bond acceptors (Lipinski definition) is 5. The van der Waals surface area contributed by atoms with E-state index in [1.54, 1.807) is 6.07 Å². The number of rotatable bonds is 5. The van der Waals surface area contributed by atoms with Crippen LogP contribution in [0.25, 0.3) is 0 Å². The van der Waals surface area contributed by atoms with Gasteiger partial charge in [0.2, 0.25) is 15.9 Å². The summed E-state index contributed by atoms with van der Waals surface area (Å²) in [5.74, 6) is -2.24. The summed E-state index contributed by atoms with van der Waals surface area (Å²) in [7, 11) is -2.76. The van der Waals surface area contributed by atoms with Crippen molar-refractivity contribution >= 4 is 39.2 Å². The average Bonchev–Trinajstić information content (AvgIpc) is 2.75. The van der Waals surface area contributed by atoms with Gasteiger partial charge in [-0.25, -0.2) is 17.6 Å². The Balaban J connectivity index is 1.69. The lowest BCUT2D eigenvalue weighted by Gasteiger charge is -2.31. The zero-order valence-electron chi connectivity index (χ0n) is 16.1. The van der Waals surface area contributed by atoms with E-state index in [1.165, 1.54) is 41.7 Å². The Kier molecular flexibility index (Phi) is 6.74. The Bertz CT molecular complexity index is 1070. The molecule has 1 amide bonds. The maximum Gasteiger partial charge on any atom is 0.339 e. The summed E-state index contributed by atoms with van der Waals surface area (Å²) in [5, 5.41) is 2.74. The lowest BCUT2D eigenvalue weighted by Crippen LogP contribution is -2.41. The van der Waals surface area contributed by atoms with Crippen LogP contribution in [0.4, 0.5) is 10.1 Å². The molecular formula is C20H20ClFN2O5S. The third-order valence-corrected chi connectivity index (χ3v) is 7.12. The van der Waals surface area contributed by atoms with Crippen LogP contribution in [0.2, 0.25) is 5.02 Å². The Morgan fingerprint density at radius 1 is 1.17 bits per heavy atom. The average molecular weight is 455 g/mol. The number of hydrogen-bond donors (Lipinski definition) is 1. The van der Waals surface area contributed by atoms with Crippen LogP contribution < -0.4 is 5.32 Å². The van der Waals surface area contributed by atoms with E-state index in [2.05, 4.69) is 10.1 Å². The van der Waals surface area contributed by atoms with Gasteiger partial charge in [0.1, 0.15) is 5.82 Å². The number of ether oxygens (including phenoxy) is 1. The van der Waals surface area contributed by atoms with Crippen LogP contribution in [0.5, 0.6) is 0 Å². The molecule has 0 radical (unpaired) electrons. The van der Waals surface area contributed by atoms with Crippen molar-refractivity contribution in [1.29, 1.82) is 0 Å². The zero-order chi connectivity index (χ0) is 21.9. The SMILES string of the molecule is COC(=O)c1ccccc1S(=O)(=O)N1CCC(C(=O)Nc2ccc(Cl)cc2F)CC1. The number of methoxy groups -OCH3 is 1. The molecule has 1 N–H and O–H groups in total. The van der Waals surface area contributed by atoms with Crippen molar-refractivity contribution in [3.8, 4) is 0 Å². The molecule has 1 heterocycles. The molecule has 0 aliphatic carbocycles. The van der Waals surface area contributed by atoms with Crippen molar-refractivity contribution in [3.05, 3.63) is 58.9 Å². The minimum absolute atomic E-state index is 0.0199. The van der Waals surface area contributed by atoms with Gasteiger partial charge < -0.3 is 10.1 Å². The molecule has 1 fully saturated rings. The van der Waals surface area contributed by atoms with E-state index in [9.17, 15) is 22.4 Å². The van der Waals surface area contributed by atoms with E-state index >= 15 is 0 Å². The van der Waals surface area contributed by atoms with Crippen molar-refractivity contribution in [2.45, 2.75) is 17.7 Å². The third kappa shape index (κ3) is 4.63. The molecule has 2 aromatic carbocycles. The molecule has 1 aliphatic heterocycles. The number of sulfonamides is 1. The highest BCUT2D eigenvalue weighted by Crippen LogP contribution is 2.27. The van der Waals surface area contributed by atoms with Crippen molar-refractivity contribution in [2.24, 2.45) is 5.92 Å². The second-order valence-corrected chi connectivity index (χ2v) is 9.12. The maximum atomic E-state index is 13.9. The minimum atomic E-state index is -3.94. The molecule has 10 heteroatoms. The molecule has 3 rings (SSSR count). The maximum absolute atomic E-state index is 13.9. The van der Waals surface area contributed by atoms with Crippen LogP contribution in [0, 0.1) is 11.7 Å². The molecule has 1 aliphatic rings. The van der Waals surface area contributed by atoms with Gasteiger partial charge in [-0.1, -0.05) is 23.7 Å². The minimum Gasteiger partial charge on any atom is -0.465 e. The fourth-order valence-corrected chi connectivity index (χ4v) is 5.10. The summed E-state index contributed by atoms with van der Waals surface area (Å²) in [6.07, 6.45) is 0.529. The molecule has 0 atom stereocenters. The van der Waals surface area contributed by atoms with Gasteiger partial charge in [-0.3, -0.25) is 4.79 Å². The molecular weight excluding hydrogens is 435 g/mol. The largest absolute Gasteiger partial charge is 0.465 e. The highest BCUT2D eigenvalue weighted by atomic mass is 35.5. The molecule has 7 nitrogen and oxygen atoms in total. The molecule has 2 aromatic rings. The lowest BCUT2D eigenvalue weighted by atomic mass is 9.97. The summed E-state index contributed by atoms with van der Waals surface area (Å²) in [6.45, 7) is 0.193. The fourth-order valence-electron chi connectivity index (χ4n) is 3.29. The second kappa shape index (κ2) is 9.11. The van der Waals surface area contributed by atoms with E-state index in [4.69, 9.17) is 11.6 Å². The number of piperidine rings is 1. The highest BCUT2D eigenvalue weighted by Gasteiger charge is 2.34. The van der Waals surface area contributed by atoms with Crippen LogP contribution in [-0.4, -0.2) is 44.8 Å². The van der Waals surface area contributed by atoms with Crippen molar-refractivity contribution in [2.75, 3.05) is 25.5 Å². The van der Waals surface area contributed by atoms with E-state index in [0.29, 0.717) is 0 Å². The summed E-state index contributed by atoms with van der Waals surface area (Å²) < 4.78 is 45.9. The summed E-state index contributed by atoms with van der Waals surface area (Å²) >= 11 is 5.71. The van der Waals surface area contributed by atoms with Gasteiger partial charge in [-0.05, 0) is 43.2 Å². The Labute approximate surface area is 178 Å². The van der Waals surface area contributed by atoms with Gasteiger partial charge in [-0.15, -0.1) is 0 Å². The van der Waals surface area contributed by atoms with Crippen LogP contribution in [-0.2, 0) is 19.6 Å². The van der Waals surface area contributed by atoms with Crippen molar-refractivity contribution < 1.29 is 27.1 Å². The van der Waals surface area contributed by atoms with Crippen LogP contribution in [0.1, 0.15) is 23.2 Å². The normalized spacial score (nSPS) is 15.6. The molecule has 30 heavy (non-hydrogen) atoms. The number of carbonyl (C=O) groups excluding carboxylic acids is 2. The van der Waals surface area contributed by atoms with Gasteiger partial charge in [0.15, 0.2) is 0 Å². The Morgan fingerprint density at radius 2 is 1.83 bits per heavy atom. The molecule has 0 saturated carbocycles. The van der Waals surface area contributed by atoms with E-state index in [-0.39, 0.29) is 53.0 Å². The van der Waals surface area contributed by atoms with Gasteiger partial charge >= 0.3 is 5.97 Å². The van der Waals surface area contributed by atoms with Gasteiger partial charge in [0.25, 0.3) is 0 Å². The first kappa shape index (κ1) is 22.2. The molecule has 160 valence electrons. The number of benzene rings is 2. The quantitative estimate of drug-likeness (QED) is 0.700. The zero-order valence-corrected chi connectivity index (χ0v) is 17.7. The highest BCUT2D eigenvalue weighted by molar-refractivity contribution is 7.89. The topological polar surface area (TPSA) is 92.8 Å². The molecule has 0 aromatic heterocycles. The first-order chi connectivity index (χ1) is 14.2. The van der Waals surface area contributed by atoms with E-state index < -0.39 is 27.7 Å². The van der Waals surface area contributed by atoms with Crippen molar-refractivity contribution in [1.82, 2.24) is 4.31 Å². The number of anilines is 1. The fraction of sp³-hybridized carbons (Fsp3) is 0.300. The number of amides is 1. The molecule has 1 saturated heterocycles. The van der Waals surface area contributed by atoms with E-state index in [0.717, 1.165) is 6.07 Å². The van der Waals surface area contributed by atoms with Crippen LogP contribution >= 0.6 is 11.6 Å². The number of nitrogens with one attached hydrogen (secondary N) is 1. The Morgan fingerprint density at radius 3 is 2.47 bits per heavy atom. The number of nitrogens with zero attached hydrogens (tertiary/aromatic N) is 1. The predicted octanol–water partition coefficient (Wildman–Crippen LogP) is 3.31. The summed E-state index contributed by atoms with van der Waals surface area (Å²) in [4.78, 5) is 24.3. The third-order valence-electron chi connectivity index (χ3n) is 4.92.